The quantitative estimate of drug-likeness (QED) is 0.847. The first-order valence-corrected chi connectivity index (χ1v) is 6.97. The van der Waals surface area contributed by atoms with Crippen molar-refractivity contribution in [3.63, 3.8) is 0 Å². The summed E-state index contributed by atoms with van der Waals surface area (Å²) in [6, 6.07) is 12.4. The molecule has 1 unspecified atom stereocenters. The number of hydrogen-bond acceptors (Lipinski definition) is 1. The second kappa shape index (κ2) is 5.96. The summed E-state index contributed by atoms with van der Waals surface area (Å²) < 4.78 is 0. The molecule has 0 radical (unpaired) electrons. The standard InChI is InChI=1S/C16H17Cl2N/c1-10-6-11(2)8-13(7-10)16(19-3)12-4-5-14(17)15(18)9-12/h4-9,16,19H,1-3H3. The molecule has 2 aromatic rings. The molecule has 0 heterocycles. The van der Waals surface area contributed by atoms with Crippen molar-refractivity contribution in [2.75, 3.05) is 7.05 Å². The zero-order valence-electron chi connectivity index (χ0n) is 11.3. The van der Waals surface area contributed by atoms with E-state index in [0.29, 0.717) is 10.0 Å². The highest BCUT2D eigenvalue weighted by Gasteiger charge is 2.13. The lowest BCUT2D eigenvalue weighted by Gasteiger charge is -2.19. The molecule has 0 amide bonds. The summed E-state index contributed by atoms with van der Waals surface area (Å²) in [4.78, 5) is 0. The molecule has 1 nitrogen and oxygen atoms in total. The SMILES string of the molecule is CNC(c1cc(C)cc(C)c1)c1ccc(Cl)c(Cl)c1. The molecule has 0 bridgehead atoms. The molecule has 0 aromatic heterocycles. The van der Waals surface area contributed by atoms with E-state index in [1.165, 1.54) is 16.7 Å². The van der Waals surface area contributed by atoms with Gasteiger partial charge in [0, 0.05) is 0 Å². The zero-order chi connectivity index (χ0) is 14.0. The van der Waals surface area contributed by atoms with Gasteiger partial charge in [-0.1, -0.05) is 58.6 Å². The molecular formula is C16H17Cl2N. The van der Waals surface area contributed by atoms with E-state index in [1.54, 1.807) is 0 Å². The van der Waals surface area contributed by atoms with Crippen molar-refractivity contribution >= 4 is 23.2 Å². The number of aryl methyl sites for hydroxylation is 2. The fourth-order valence-corrected chi connectivity index (χ4v) is 2.70. The Hall–Kier alpha value is -1.02. The smallest absolute Gasteiger partial charge is 0.0595 e. The molecule has 0 saturated heterocycles. The molecule has 0 fully saturated rings. The first kappa shape index (κ1) is 14.4. The van der Waals surface area contributed by atoms with Gasteiger partial charge in [-0.25, -0.2) is 0 Å². The van der Waals surface area contributed by atoms with Crippen molar-refractivity contribution in [2.45, 2.75) is 19.9 Å². The first-order chi connectivity index (χ1) is 9.01. The Kier molecular flexibility index (Phi) is 4.51. The average molecular weight is 294 g/mol. The van der Waals surface area contributed by atoms with Crippen LogP contribution in [-0.2, 0) is 0 Å². The third-order valence-corrected chi connectivity index (χ3v) is 3.88. The molecule has 2 rings (SSSR count). The maximum absolute atomic E-state index is 6.11. The number of rotatable bonds is 3. The number of halogens is 2. The normalized spacial score (nSPS) is 12.5. The average Bonchev–Trinajstić information content (AvgIpc) is 2.33. The molecular weight excluding hydrogens is 277 g/mol. The Morgan fingerprint density at radius 1 is 0.842 bits per heavy atom. The minimum absolute atomic E-state index is 0.119. The van der Waals surface area contributed by atoms with Crippen molar-refractivity contribution in [3.05, 3.63) is 68.7 Å². The summed E-state index contributed by atoms with van der Waals surface area (Å²) in [5.74, 6) is 0. The van der Waals surface area contributed by atoms with Gasteiger partial charge in [-0.3, -0.25) is 0 Å². The summed E-state index contributed by atoms with van der Waals surface area (Å²) >= 11 is 12.1. The first-order valence-electron chi connectivity index (χ1n) is 6.21. The van der Waals surface area contributed by atoms with Crippen LogP contribution in [0, 0.1) is 13.8 Å². The summed E-state index contributed by atoms with van der Waals surface area (Å²) in [6.45, 7) is 4.22. The van der Waals surface area contributed by atoms with Gasteiger partial charge in [0.2, 0.25) is 0 Å². The topological polar surface area (TPSA) is 12.0 Å². The van der Waals surface area contributed by atoms with E-state index < -0.39 is 0 Å². The maximum atomic E-state index is 6.11. The van der Waals surface area contributed by atoms with Crippen LogP contribution in [-0.4, -0.2) is 7.05 Å². The van der Waals surface area contributed by atoms with Gasteiger partial charge in [0.05, 0.1) is 16.1 Å². The summed E-state index contributed by atoms with van der Waals surface area (Å²) in [5, 5.41) is 4.50. The molecule has 19 heavy (non-hydrogen) atoms. The van der Waals surface area contributed by atoms with Crippen molar-refractivity contribution in [1.82, 2.24) is 5.32 Å². The van der Waals surface area contributed by atoms with Crippen LogP contribution >= 0.6 is 23.2 Å². The van der Waals surface area contributed by atoms with Gasteiger partial charge in [0.25, 0.3) is 0 Å². The van der Waals surface area contributed by atoms with E-state index in [0.717, 1.165) is 5.56 Å². The van der Waals surface area contributed by atoms with Crippen LogP contribution < -0.4 is 5.32 Å². The Balaban J connectivity index is 2.46. The van der Waals surface area contributed by atoms with Crippen molar-refractivity contribution in [2.24, 2.45) is 0 Å². The molecule has 0 aliphatic heterocycles. The van der Waals surface area contributed by atoms with Gasteiger partial charge in [-0.15, -0.1) is 0 Å². The van der Waals surface area contributed by atoms with Crippen LogP contribution in [0.25, 0.3) is 0 Å². The minimum Gasteiger partial charge on any atom is -0.309 e. The number of nitrogens with one attached hydrogen (secondary N) is 1. The van der Waals surface area contributed by atoms with E-state index in [4.69, 9.17) is 23.2 Å². The summed E-state index contributed by atoms with van der Waals surface area (Å²) in [6.07, 6.45) is 0. The fraction of sp³-hybridized carbons (Fsp3) is 0.250. The molecule has 0 spiro atoms. The molecule has 100 valence electrons. The maximum Gasteiger partial charge on any atom is 0.0595 e. The molecule has 1 atom stereocenters. The Bertz CT molecular complexity index is 573. The summed E-state index contributed by atoms with van der Waals surface area (Å²) in [7, 11) is 1.95. The van der Waals surface area contributed by atoms with Crippen LogP contribution in [0.2, 0.25) is 10.0 Å². The van der Waals surface area contributed by atoms with Crippen LogP contribution in [0.3, 0.4) is 0 Å². The fourth-order valence-electron chi connectivity index (χ4n) is 2.39. The third-order valence-electron chi connectivity index (χ3n) is 3.14. The molecule has 3 heteroatoms. The van der Waals surface area contributed by atoms with E-state index in [-0.39, 0.29) is 6.04 Å². The van der Waals surface area contributed by atoms with E-state index >= 15 is 0 Å². The highest BCUT2D eigenvalue weighted by Crippen LogP contribution is 2.29. The molecule has 1 N–H and O–H groups in total. The monoisotopic (exact) mass is 293 g/mol. The minimum atomic E-state index is 0.119. The summed E-state index contributed by atoms with van der Waals surface area (Å²) in [5.41, 5.74) is 4.87. The Morgan fingerprint density at radius 2 is 1.47 bits per heavy atom. The lowest BCUT2D eigenvalue weighted by atomic mass is 9.96. The van der Waals surface area contributed by atoms with Crippen LogP contribution in [0.1, 0.15) is 28.3 Å². The van der Waals surface area contributed by atoms with Gasteiger partial charge in [-0.05, 0) is 44.2 Å². The second-order valence-electron chi connectivity index (χ2n) is 4.82. The molecule has 0 aliphatic rings. The third kappa shape index (κ3) is 3.30. The van der Waals surface area contributed by atoms with E-state index in [2.05, 4.69) is 37.4 Å². The molecule has 0 saturated carbocycles. The van der Waals surface area contributed by atoms with Gasteiger partial charge in [-0.2, -0.15) is 0 Å². The highest BCUT2D eigenvalue weighted by atomic mass is 35.5. The number of hydrogen-bond donors (Lipinski definition) is 1. The van der Waals surface area contributed by atoms with Gasteiger partial charge >= 0.3 is 0 Å². The van der Waals surface area contributed by atoms with E-state index in [1.807, 2.05) is 25.2 Å². The highest BCUT2D eigenvalue weighted by molar-refractivity contribution is 6.42. The second-order valence-corrected chi connectivity index (χ2v) is 5.63. The Labute approximate surface area is 124 Å². The van der Waals surface area contributed by atoms with Crippen LogP contribution in [0.15, 0.2) is 36.4 Å². The number of benzene rings is 2. The lowest BCUT2D eigenvalue weighted by molar-refractivity contribution is 0.691. The molecule has 0 aliphatic carbocycles. The van der Waals surface area contributed by atoms with Crippen LogP contribution in [0.4, 0.5) is 0 Å². The van der Waals surface area contributed by atoms with Crippen molar-refractivity contribution in [1.29, 1.82) is 0 Å². The Morgan fingerprint density at radius 3 is 2.00 bits per heavy atom. The largest absolute Gasteiger partial charge is 0.309 e. The predicted octanol–water partition coefficient (Wildman–Crippen LogP) is 4.92. The van der Waals surface area contributed by atoms with E-state index in [9.17, 15) is 0 Å². The van der Waals surface area contributed by atoms with Crippen LogP contribution in [0.5, 0.6) is 0 Å². The predicted molar refractivity (Wildman–Crippen MR) is 83.3 cm³/mol. The zero-order valence-corrected chi connectivity index (χ0v) is 12.8. The van der Waals surface area contributed by atoms with Gasteiger partial charge in [0.15, 0.2) is 0 Å². The van der Waals surface area contributed by atoms with Crippen molar-refractivity contribution in [3.8, 4) is 0 Å². The molecule has 2 aromatic carbocycles. The van der Waals surface area contributed by atoms with Crippen molar-refractivity contribution < 1.29 is 0 Å². The van der Waals surface area contributed by atoms with Gasteiger partial charge < -0.3 is 5.32 Å². The van der Waals surface area contributed by atoms with Gasteiger partial charge in [0.1, 0.15) is 0 Å². The lowest BCUT2D eigenvalue weighted by Crippen LogP contribution is -2.18.